The largest absolute Gasteiger partial charge is 0.454 e. The highest BCUT2D eigenvalue weighted by Crippen LogP contribution is 2.35. The summed E-state index contributed by atoms with van der Waals surface area (Å²) in [6, 6.07) is 4.41. The van der Waals surface area contributed by atoms with Gasteiger partial charge in [-0.15, -0.1) is 0 Å². The van der Waals surface area contributed by atoms with E-state index >= 15 is 0 Å². The zero-order chi connectivity index (χ0) is 15.0. The van der Waals surface area contributed by atoms with Crippen molar-refractivity contribution in [3.63, 3.8) is 0 Å². The number of sulfonamides is 1. The molecule has 0 radical (unpaired) electrons. The molecule has 1 saturated heterocycles. The van der Waals surface area contributed by atoms with Crippen LogP contribution in [0.1, 0.15) is 26.2 Å². The Hall–Kier alpha value is -1.31. The number of hydrogen-bond donors (Lipinski definition) is 1. The third kappa shape index (κ3) is 2.61. The average Bonchev–Trinajstić information content (AvgIpc) is 2.94. The van der Waals surface area contributed by atoms with Crippen molar-refractivity contribution in [1.82, 2.24) is 4.31 Å². The fraction of sp³-hybridized carbons (Fsp3) is 0.571. The third-order valence-electron chi connectivity index (χ3n) is 4.06. The molecule has 0 bridgehead atoms. The molecule has 1 fully saturated rings. The summed E-state index contributed by atoms with van der Waals surface area (Å²) in [6.07, 6.45) is 2.69. The molecule has 0 amide bonds. The van der Waals surface area contributed by atoms with Crippen molar-refractivity contribution in [3.8, 4) is 11.5 Å². The molecule has 2 N–H and O–H groups in total. The lowest BCUT2D eigenvalue weighted by Gasteiger charge is -2.36. The van der Waals surface area contributed by atoms with Crippen LogP contribution in [0.15, 0.2) is 23.1 Å². The maximum Gasteiger partial charge on any atom is 0.243 e. The summed E-state index contributed by atoms with van der Waals surface area (Å²) in [4.78, 5) is 0.235. The SMILES string of the molecule is CC(N)C1CCCCN1S(=O)(=O)c1ccc2c(c1)OCO2. The first-order valence-corrected chi connectivity index (χ1v) is 8.61. The van der Waals surface area contributed by atoms with Crippen LogP contribution in [0.3, 0.4) is 0 Å². The number of rotatable bonds is 3. The average molecular weight is 312 g/mol. The van der Waals surface area contributed by atoms with Crippen molar-refractivity contribution in [1.29, 1.82) is 0 Å². The second kappa shape index (κ2) is 5.47. The van der Waals surface area contributed by atoms with Crippen LogP contribution in [-0.4, -0.2) is 38.1 Å². The number of piperidine rings is 1. The van der Waals surface area contributed by atoms with E-state index in [2.05, 4.69) is 0 Å². The van der Waals surface area contributed by atoms with Gasteiger partial charge < -0.3 is 15.2 Å². The topological polar surface area (TPSA) is 81.9 Å². The fourth-order valence-electron chi connectivity index (χ4n) is 2.93. The van der Waals surface area contributed by atoms with Gasteiger partial charge >= 0.3 is 0 Å². The van der Waals surface area contributed by atoms with Crippen molar-refractivity contribution < 1.29 is 17.9 Å². The summed E-state index contributed by atoms with van der Waals surface area (Å²) in [5.74, 6) is 1.06. The lowest BCUT2D eigenvalue weighted by atomic mass is 10.00. The molecule has 2 heterocycles. The summed E-state index contributed by atoms with van der Waals surface area (Å²) < 4.78 is 37.8. The zero-order valence-electron chi connectivity index (χ0n) is 12.0. The van der Waals surface area contributed by atoms with Gasteiger partial charge in [-0.3, -0.25) is 0 Å². The molecule has 2 unspecified atom stereocenters. The van der Waals surface area contributed by atoms with Gasteiger partial charge in [0.25, 0.3) is 0 Å². The van der Waals surface area contributed by atoms with Gasteiger partial charge in [0.1, 0.15) is 0 Å². The van der Waals surface area contributed by atoms with E-state index in [1.165, 1.54) is 6.07 Å². The van der Waals surface area contributed by atoms with E-state index in [4.69, 9.17) is 15.2 Å². The summed E-state index contributed by atoms with van der Waals surface area (Å²) in [5.41, 5.74) is 5.97. The summed E-state index contributed by atoms with van der Waals surface area (Å²) in [6.45, 7) is 2.51. The van der Waals surface area contributed by atoms with Crippen LogP contribution < -0.4 is 15.2 Å². The highest BCUT2D eigenvalue weighted by Gasteiger charge is 2.35. The van der Waals surface area contributed by atoms with Crippen LogP contribution >= 0.6 is 0 Å². The summed E-state index contributed by atoms with van der Waals surface area (Å²) >= 11 is 0. The maximum absolute atomic E-state index is 12.9. The molecule has 3 rings (SSSR count). The predicted molar refractivity (Wildman–Crippen MR) is 77.7 cm³/mol. The van der Waals surface area contributed by atoms with E-state index < -0.39 is 10.0 Å². The summed E-state index contributed by atoms with van der Waals surface area (Å²) in [5, 5.41) is 0. The Morgan fingerprint density at radius 1 is 1.29 bits per heavy atom. The molecule has 1 aromatic carbocycles. The lowest BCUT2D eigenvalue weighted by Crippen LogP contribution is -2.51. The first-order chi connectivity index (χ1) is 10.00. The summed E-state index contributed by atoms with van der Waals surface area (Å²) in [7, 11) is -3.56. The first kappa shape index (κ1) is 14.6. The van der Waals surface area contributed by atoms with Crippen molar-refractivity contribution in [2.45, 2.75) is 43.2 Å². The molecule has 21 heavy (non-hydrogen) atoms. The van der Waals surface area contributed by atoms with Crippen molar-refractivity contribution in [3.05, 3.63) is 18.2 Å². The number of nitrogens with zero attached hydrogens (tertiary/aromatic N) is 1. The zero-order valence-corrected chi connectivity index (χ0v) is 12.8. The van der Waals surface area contributed by atoms with Crippen LogP contribution in [0, 0.1) is 0 Å². The molecule has 116 valence electrons. The molecule has 6 nitrogen and oxygen atoms in total. The third-order valence-corrected chi connectivity index (χ3v) is 5.98. The smallest absolute Gasteiger partial charge is 0.243 e. The highest BCUT2D eigenvalue weighted by molar-refractivity contribution is 7.89. The molecule has 2 aliphatic heterocycles. The Bertz CT molecular complexity index is 630. The molecule has 1 aromatic rings. The molecule has 0 aromatic heterocycles. The quantitative estimate of drug-likeness (QED) is 0.910. The molecule has 0 spiro atoms. The van der Waals surface area contributed by atoms with Gasteiger partial charge in [0.2, 0.25) is 16.8 Å². The van der Waals surface area contributed by atoms with Crippen LogP contribution in [0.25, 0.3) is 0 Å². The van der Waals surface area contributed by atoms with Crippen molar-refractivity contribution in [2.75, 3.05) is 13.3 Å². The Labute approximate surface area is 124 Å². The minimum Gasteiger partial charge on any atom is -0.454 e. The van der Waals surface area contributed by atoms with Crippen LogP contribution in [0.5, 0.6) is 11.5 Å². The number of nitrogens with two attached hydrogens (primary N) is 1. The number of ether oxygens (including phenoxy) is 2. The molecule has 2 aliphatic rings. The van der Waals surface area contributed by atoms with Gasteiger partial charge in [-0.1, -0.05) is 6.42 Å². The van der Waals surface area contributed by atoms with E-state index in [-0.39, 0.29) is 23.8 Å². The van der Waals surface area contributed by atoms with Gasteiger partial charge in [0.15, 0.2) is 11.5 Å². The second-order valence-corrected chi connectivity index (χ2v) is 7.44. The standard InChI is InChI=1S/C14H20N2O4S/c1-10(15)12-4-2-3-7-16(12)21(17,18)11-5-6-13-14(8-11)20-9-19-13/h5-6,8,10,12H,2-4,7,9,15H2,1H3. The van der Waals surface area contributed by atoms with E-state index in [0.29, 0.717) is 18.0 Å². The minimum atomic E-state index is -3.56. The first-order valence-electron chi connectivity index (χ1n) is 7.17. The normalized spacial score (nSPS) is 24.0. The van der Waals surface area contributed by atoms with E-state index in [0.717, 1.165) is 19.3 Å². The monoisotopic (exact) mass is 312 g/mol. The second-order valence-electron chi connectivity index (χ2n) is 5.55. The number of benzene rings is 1. The lowest BCUT2D eigenvalue weighted by molar-refractivity contribution is 0.174. The number of hydrogen-bond acceptors (Lipinski definition) is 5. The molecule has 0 saturated carbocycles. The van der Waals surface area contributed by atoms with E-state index in [1.54, 1.807) is 16.4 Å². The van der Waals surface area contributed by atoms with Crippen molar-refractivity contribution >= 4 is 10.0 Å². The van der Waals surface area contributed by atoms with Gasteiger partial charge in [0.05, 0.1) is 4.90 Å². The molecule has 2 atom stereocenters. The highest BCUT2D eigenvalue weighted by atomic mass is 32.2. The van der Waals surface area contributed by atoms with Crippen LogP contribution in [0.2, 0.25) is 0 Å². The fourth-order valence-corrected chi connectivity index (χ4v) is 4.72. The van der Waals surface area contributed by atoms with Gasteiger partial charge in [-0.25, -0.2) is 8.42 Å². The van der Waals surface area contributed by atoms with Crippen LogP contribution in [0.4, 0.5) is 0 Å². The minimum absolute atomic E-state index is 0.130. The predicted octanol–water partition coefficient (Wildman–Crippen LogP) is 1.31. The maximum atomic E-state index is 12.9. The molecular formula is C14H20N2O4S. The van der Waals surface area contributed by atoms with Gasteiger partial charge in [0, 0.05) is 24.7 Å². The molecule has 7 heteroatoms. The molecule has 0 aliphatic carbocycles. The van der Waals surface area contributed by atoms with Crippen molar-refractivity contribution in [2.24, 2.45) is 5.73 Å². The molecular weight excluding hydrogens is 292 g/mol. The Kier molecular flexibility index (Phi) is 3.81. The Balaban J connectivity index is 1.95. The van der Waals surface area contributed by atoms with Gasteiger partial charge in [-0.05, 0) is 31.9 Å². The van der Waals surface area contributed by atoms with Gasteiger partial charge in [-0.2, -0.15) is 4.31 Å². The number of fused-ring (bicyclic) bond motifs is 1. The van der Waals surface area contributed by atoms with E-state index in [1.807, 2.05) is 6.92 Å². The Morgan fingerprint density at radius 2 is 2.05 bits per heavy atom. The van der Waals surface area contributed by atoms with E-state index in [9.17, 15) is 8.42 Å². The Morgan fingerprint density at radius 3 is 2.81 bits per heavy atom. The van der Waals surface area contributed by atoms with Crippen LogP contribution in [-0.2, 0) is 10.0 Å².